The molecule has 0 unspecified atom stereocenters. The van der Waals surface area contributed by atoms with Crippen molar-refractivity contribution in [3.05, 3.63) is 59.1 Å². The van der Waals surface area contributed by atoms with Gasteiger partial charge in [0.2, 0.25) is 0 Å². The monoisotopic (exact) mass is 276 g/mol. The molecule has 0 spiro atoms. The fourth-order valence-electron chi connectivity index (χ4n) is 1.53. The molecule has 98 valence electrons. The lowest BCUT2D eigenvalue weighted by molar-refractivity contribution is 0.152. The third-order valence-corrected chi connectivity index (χ3v) is 2.87. The van der Waals surface area contributed by atoms with Gasteiger partial charge in [-0.05, 0) is 36.2 Å². The van der Waals surface area contributed by atoms with Crippen LogP contribution in [0.1, 0.15) is 12.5 Å². The highest BCUT2D eigenvalue weighted by molar-refractivity contribution is 6.32. The molecular formula is C15H13ClO3. The van der Waals surface area contributed by atoms with Crippen molar-refractivity contribution < 1.29 is 14.3 Å². The van der Waals surface area contributed by atoms with Gasteiger partial charge in [0.1, 0.15) is 5.75 Å². The second-order valence-electron chi connectivity index (χ2n) is 3.88. The Kier molecular flexibility index (Phi) is 4.42. The summed E-state index contributed by atoms with van der Waals surface area (Å²) in [6, 6.07) is 14.0. The largest absolute Gasteiger partial charge is 0.519 e. The van der Waals surface area contributed by atoms with Crippen molar-refractivity contribution in [3.8, 4) is 11.5 Å². The van der Waals surface area contributed by atoms with E-state index in [1.165, 1.54) is 5.56 Å². The summed E-state index contributed by atoms with van der Waals surface area (Å²) in [5.74, 6) is 0.716. The van der Waals surface area contributed by atoms with E-state index in [-0.39, 0.29) is 5.75 Å². The number of hydrogen-bond acceptors (Lipinski definition) is 3. The van der Waals surface area contributed by atoms with E-state index in [4.69, 9.17) is 21.1 Å². The molecule has 0 aliphatic rings. The summed E-state index contributed by atoms with van der Waals surface area (Å²) in [6.45, 7) is 2.06. The SMILES string of the molecule is CCc1ccc(OC(=O)Oc2ccccc2Cl)cc1. The van der Waals surface area contributed by atoms with Gasteiger partial charge in [0.05, 0.1) is 5.02 Å². The molecule has 0 aliphatic carbocycles. The normalized spacial score (nSPS) is 10.0. The third-order valence-electron chi connectivity index (χ3n) is 2.56. The third kappa shape index (κ3) is 3.73. The molecular weight excluding hydrogens is 264 g/mol. The van der Waals surface area contributed by atoms with Crippen molar-refractivity contribution in [1.82, 2.24) is 0 Å². The predicted octanol–water partition coefficient (Wildman–Crippen LogP) is 4.48. The van der Waals surface area contributed by atoms with Crippen LogP contribution in [0.3, 0.4) is 0 Å². The molecule has 0 aromatic heterocycles. The van der Waals surface area contributed by atoms with E-state index in [0.717, 1.165) is 6.42 Å². The van der Waals surface area contributed by atoms with Crippen LogP contribution in [0.25, 0.3) is 0 Å². The first-order valence-electron chi connectivity index (χ1n) is 5.92. The average molecular weight is 277 g/mol. The summed E-state index contributed by atoms with van der Waals surface area (Å²) in [5.41, 5.74) is 1.17. The van der Waals surface area contributed by atoms with E-state index in [9.17, 15) is 4.79 Å². The topological polar surface area (TPSA) is 35.5 Å². The van der Waals surface area contributed by atoms with Crippen LogP contribution in [0.4, 0.5) is 4.79 Å². The van der Waals surface area contributed by atoms with Crippen LogP contribution in [0.15, 0.2) is 48.5 Å². The van der Waals surface area contributed by atoms with Gasteiger partial charge >= 0.3 is 6.16 Å². The molecule has 0 heterocycles. The first-order valence-corrected chi connectivity index (χ1v) is 6.30. The Morgan fingerprint density at radius 3 is 2.37 bits per heavy atom. The summed E-state index contributed by atoms with van der Waals surface area (Å²) in [4.78, 5) is 11.6. The summed E-state index contributed by atoms with van der Waals surface area (Å²) < 4.78 is 10.1. The number of carbonyl (C=O) groups excluding carboxylic acids is 1. The summed E-state index contributed by atoms with van der Waals surface area (Å²) in [7, 11) is 0. The van der Waals surface area contributed by atoms with Crippen LogP contribution in [-0.4, -0.2) is 6.16 Å². The Labute approximate surface area is 116 Å². The van der Waals surface area contributed by atoms with Gasteiger partial charge in [-0.3, -0.25) is 0 Å². The smallest absolute Gasteiger partial charge is 0.395 e. The second-order valence-corrected chi connectivity index (χ2v) is 4.29. The van der Waals surface area contributed by atoms with Gasteiger partial charge in [-0.15, -0.1) is 0 Å². The first-order chi connectivity index (χ1) is 9.19. The Morgan fingerprint density at radius 2 is 1.74 bits per heavy atom. The number of halogens is 1. The van der Waals surface area contributed by atoms with Crippen molar-refractivity contribution in [2.24, 2.45) is 0 Å². The number of rotatable bonds is 3. The lowest BCUT2D eigenvalue weighted by atomic mass is 10.2. The standard InChI is InChI=1S/C15H13ClO3/c1-2-11-7-9-12(10-8-11)18-15(17)19-14-6-4-3-5-13(14)16/h3-10H,2H2,1H3. The zero-order chi connectivity index (χ0) is 13.7. The van der Waals surface area contributed by atoms with Crippen molar-refractivity contribution in [1.29, 1.82) is 0 Å². The van der Waals surface area contributed by atoms with Gasteiger partial charge in [-0.1, -0.05) is 42.8 Å². The molecule has 0 saturated heterocycles. The number of hydrogen-bond donors (Lipinski definition) is 0. The molecule has 0 fully saturated rings. The molecule has 0 amide bonds. The molecule has 0 N–H and O–H groups in total. The van der Waals surface area contributed by atoms with Crippen LogP contribution in [0.2, 0.25) is 5.02 Å². The number of para-hydroxylation sites is 1. The maximum atomic E-state index is 11.6. The molecule has 0 aliphatic heterocycles. The average Bonchev–Trinajstić information content (AvgIpc) is 2.42. The number of benzene rings is 2. The van der Waals surface area contributed by atoms with Gasteiger partial charge in [0.25, 0.3) is 0 Å². The molecule has 4 heteroatoms. The van der Waals surface area contributed by atoms with Crippen LogP contribution in [0, 0.1) is 0 Å². The minimum absolute atomic E-state index is 0.277. The zero-order valence-corrected chi connectivity index (χ0v) is 11.2. The molecule has 2 aromatic rings. The fraction of sp³-hybridized carbons (Fsp3) is 0.133. The molecule has 0 atom stereocenters. The highest BCUT2D eigenvalue weighted by atomic mass is 35.5. The Hall–Kier alpha value is -2.00. The van der Waals surface area contributed by atoms with Crippen LogP contribution in [-0.2, 0) is 6.42 Å². The highest BCUT2D eigenvalue weighted by Crippen LogP contribution is 2.24. The van der Waals surface area contributed by atoms with Crippen LogP contribution >= 0.6 is 11.6 Å². The summed E-state index contributed by atoms with van der Waals surface area (Å²) in [5, 5.41) is 0.362. The highest BCUT2D eigenvalue weighted by Gasteiger charge is 2.10. The first kappa shape index (κ1) is 13.4. The Morgan fingerprint density at radius 1 is 1.05 bits per heavy atom. The minimum Gasteiger partial charge on any atom is -0.395 e. The summed E-state index contributed by atoms with van der Waals surface area (Å²) in [6.07, 6.45) is 0.127. The number of carbonyl (C=O) groups is 1. The van der Waals surface area contributed by atoms with Crippen molar-refractivity contribution in [3.63, 3.8) is 0 Å². The van der Waals surface area contributed by atoms with E-state index < -0.39 is 6.16 Å². The van der Waals surface area contributed by atoms with E-state index in [2.05, 4.69) is 6.92 Å². The molecule has 2 aromatic carbocycles. The second kappa shape index (κ2) is 6.25. The predicted molar refractivity (Wildman–Crippen MR) is 73.9 cm³/mol. The van der Waals surface area contributed by atoms with Gasteiger partial charge < -0.3 is 9.47 Å². The Balaban J connectivity index is 1.99. The van der Waals surface area contributed by atoms with E-state index in [1.807, 2.05) is 12.1 Å². The van der Waals surface area contributed by atoms with E-state index in [1.54, 1.807) is 36.4 Å². The molecule has 3 nitrogen and oxygen atoms in total. The van der Waals surface area contributed by atoms with Crippen molar-refractivity contribution in [2.45, 2.75) is 13.3 Å². The summed E-state index contributed by atoms with van der Waals surface area (Å²) >= 11 is 5.88. The lowest BCUT2D eigenvalue weighted by Gasteiger charge is -2.07. The maximum absolute atomic E-state index is 11.6. The number of aryl methyl sites for hydroxylation is 1. The number of ether oxygens (including phenoxy) is 2. The van der Waals surface area contributed by atoms with E-state index >= 15 is 0 Å². The van der Waals surface area contributed by atoms with Gasteiger partial charge in [-0.25, -0.2) is 4.79 Å². The van der Waals surface area contributed by atoms with Crippen LogP contribution < -0.4 is 9.47 Å². The van der Waals surface area contributed by atoms with E-state index in [0.29, 0.717) is 10.8 Å². The van der Waals surface area contributed by atoms with Crippen molar-refractivity contribution in [2.75, 3.05) is 0 Å². The fourth-order valence-corrected chi connectivity index (χ4v) is 1.70. The Bertz CT molecular complexity index is 564. The zero-order valence-electron chi connectivity index (χ0n) is 10.4. The van der Waals surface area contributed by atoms with Gasteiger partial charge in [-0.2, -0.15) is 0 Å². The molecule has 2 rings (SSSR count). The molecule has 0 radical (unpaired) electrons. The van der Waals surface area contributed by atoms with Crippen LogP contribution in [0.5, 0.6) is 11.5 Å². The molecule has 19 heavy (non-hydrogen) atoms. The lowest BCUT2D eigenvalue weighted by Crippen LogP contribution is -2.13. The van der Waals surface area contributed by atoms with Gasteiger partial charge in [0, 0.05) is 0 Å². The molecule has 0 saturated carbocycles. The van der Waals surface area contributed by atoms with Gasteiger partial charge in [0.15, 0.2) is 5.75 Å². The maximum Gasteiger partial charge on any atom is 0.519 e. The minimum atomic E-state index is -0.808. The quantitative estimate of drug-likeness (QED) is 0.612. The molecule has 0 bridgehead atoms. The van der Waals surface area contributed by atoms with Crippen molar-refractivity contribution >= 4 is 17.8 Å².